The summed E-state index contributed by atoms with van der Waals surface area (Å²) in [5.74, 6) is -1.29. The third kappa shape index (κ3) is 5.82. The zero-order valence-electron chi connectivity index (χ0n) is 15.2. The van der Waals surface area contributed by atoms with Crippen LogP contribution in [0.25, 0.3) is 0 Å². The molecule has 0 unspecified atom stereocenters. The van der Waals surface area contributed by atoms with Crippen LogP contribution in [0, 0.1) is 6.92 Å². The lowest BCUT2D eigenvalue weighted by molar-refractivity contribution is -0.137. The number of benzene rings is 2. The Morgan fingerprint density at radius 2 is 1.81 bits per heavy atom. The predicted molar refractivity (Wildman–Crippen MR) is 102 cm³/mol. The van der Waals surface area contributed by atoms with Crippen LogP contribution < -0.4 is 4.72 Å². The van der Waals surface area contributed by atoms with Gasteiger partial charge in [0.1, 0.15) is 0 Å². The van der Waals surface area contributed by atoms with E-state index in [0.717, 1.165) is 5.56 Å². The number of carbonyl (C=O) groups is 2. The maximum absolute atomic E-state index is 12.6. The molecule has 2 aromatic rings. The van der Waals surface area contributed by atoms with Gasteiger partial charge in [-0.15, -0.1) is 0 Å². The van der Waals surface area contributed by atoms with Crippen molar-refractivity contribution in [3.05, 3.63) is 59.7 Å². The van der Waals surface area contributed by atoms with Crippen molar-refractivity contribution in [3.63, 3.8) is 0 Å². The van der Waals surface area contributed by atoms with E-state index >= 15 is 0 Å². The topological polar surface area (TPSA) is 104 Å². The second kappa shape index (κ2) is 8.68. The van der Waals surface area contributed by atoms with Crippen LogP contribution in [0.5, 0.6) is 0 Å². The summed E-state index contributed by atoms with van der Waals surface area (Å²) < 4.78 is 27.7. The molecule has 0 aliphatic carbocycles. The quantitative estimate of drug-likeness (QED) is 0.721. The fraction of sp³-hybridized carbons (Fsp3) is 0.263. The molecule has 0 aromatic heterocycles. The van der Waals surface area contributed by atoms with E-state index in [1.165, 1.54) is 29.2 Å². The van der Waals surface area contributed by atoms with Crippen LogP contribution >= 0.6 is 0 Å². The zero-order chi connectivity index (χ0) is 20.0. The van der Waals surface area contributed by atoms with E-state index in [2.05, 4.69) is 4.72 Å². The van der Waals surface area contributed by atoms with Crippen molar-refractivity contribution < 1.29 is 23.1 Å². The predicted octanol–water partition coefficient (Wildman–Crippen LogP) is 2.73. The van der Waals surface area contributed by atoms with Gasteiger partial charge in [-0.05, 0) is 49.2 Å². The fourth-order valence-electron chi connectivity index (χ4n) is 2.51. The molecule has 7 nitrogen and oxygen atoms in total. The van der Waals surface area contributed by atoms with Crippen molar-refractivity contribution in [2.24, 2.45) is 0 Å². The summed E-state index contributed by atoms with van der Waals surface area (Å²) in [6.45, 7) is 2.13. The van der Waals surface area contributed by atoms with Gasteiger partial charge in [0.25, 0.3) is 15.9 Å². The van der Waals surface area contributed by atoms with Crippen LogP contribution in [0.2, 0.25) is 0 Å². The number of hydrogen-bond acceptors (Lipinski definition) is 4. The molecule has 0 bridgehead atoms. The Kier molecular flexibility index (Phi) is 6.57. The summed E-state index contributed by atoms with van der Waals surface area (Å²) in [5, 5.41) is 8.67. The van der Waals surface area contributed by atoms with Crippen molar-refractivity contribution >= 4 is 27.6 Å². The van der Waals surface area contributed by atoms with Gasteiger partial charge >= 0.3 is 5.97 Å². The first-order valence-electron chi connectivity index (χ1n) is 8.36. The summed E-state index contributed by atoms with van der Waals surface area (Å²) in [7, 11) is -2.29. The molecule has 1 amide bonds. The van der Waals surface area contributed by atoms with Crippen molar-refractivity contribution in [2.45, 2.75) is 24.7 Å². The van der Waals surface area contributed by atoms with Crippen molar-refractivity contribution in [1.82, 2.24) is 4.90 Å². The highest BCUT2D eigenvalue weighted by molar-refractivity contribution is 7.92. The standard InChI is InChI=1S/C19H22N2O5S/c1-14-6-3-8-16(12-14)20-27(25,26)17-9-4-7-15(13-17)19(24)21(2)11-5-10-18(22)23/h3-4,6-9,12-13,20H,5,10-11H2,1-2H3,(H,22,23). The van der Waals surface area contributed by atoms with Crippen molar-refractivity contribution in [2.75, 3.05) is 18.3 Å². The number of anilines is 1. The smallest absolute Gasteiger partial charge is 0.303 e. The second-order valence-electron chi connectivity index (χ2n) is 6.23. The lowest BCUT2D eigenvalue weighted by Crippen LogP contribution is -2.28. The monoisotopic (exact) mass is 390 g/mol. The second-order valence-corrected chi connectivity index (χ2v) is 7.91. The molecule has 0 heterocycles. The van der Waals surface area contributed by atoms with E-state index in [9.17, 15) is 18.0 Å². The molecule has 0 fully saturated rings. The number of sulfonamides is 1. The summed E-state index contributed by atoms with van der Waals surface area (Å²) in [6.07, 6.45) is 0.289. The molecular formula is C19H22N2O5S. The third-order valence-electron chi connectivity index (χ3n) is 3.89. The Bertz CT molecular complexity index is 941. The van der Waals surface area contributed by atoms with E-state index in [-0.39, 0.29) is 29.3 Å². The lowest BCUT2D eigenvalue weighted by Gasteiger charge is -2.17. The number of carbonyl (C=O) groups excluding carboxylic acids is 1. The van der Waals surface area contributed by atoms with Crippen LogP contribution in [0.1, 0.15) is 28.8 Å². The number of nitrogens with zero attached hydrogens (tertiary/aromatic N) is 1. The van der Waals surface area contributed by atoms with Gasteiger partial charge in [0.15, 0.2) is 0 Å². The molecule has 0 spiro atoms. The largest absolute Gasteiger partial charge is 0.481 e. The van der Waals surface area contributed by atoms with Crippen LogP contribution in [0.4, 0.5) is 5.69 Å². The number of nitrogens with one attached hydrogen (secondary N) is 1. The molecule has 2 aromatic carbocycles. The Labute approximate surface area is 158 Å². The highest BCUT2D eigenvalue weighted by Gasteiger charge is 2.18. The molecule has 0 atom stereocenters. The Balaban J connectivity index is 2.15. The van der Waals surface area contributed by atoms with Crippen LogP contribution in [0.3, 0.4) is 0 Å². The maximum Gasteiger partial charge on any atom is 0.303 e. The maximum atomic E-state index is 12.6. The molecule has 2 N–H and O–H groups in total. The summed E-state index contributed by atoms with van der Waals surface area (Å²) >= 11 is 0. The van der Waals surface area contributed by atoms with Crippen LogP contribution in [-0.2, 0) is 14.8 Å². The zero-order valence-corrected chi connectivity index (χ0v) is 16.0. The lowest BCUT2D eigenvalue weighted by atomic mass is 10.2. The minimum atomic E-state index is -3.84. The molecule has 144 valence electrons. The molecule has 0 saturated heterocycles. The average molecular weight is 390 g/mol. The molecule has 8 heteroatoms. The fourth-order valence-corrected chi connectivity index (χ4v) is 3.60. The highest BCUT2D eigenvalue weighted by atomic mass is 32.2. The molecule has 0 saturated carbocycles. The number of hydrogen-bond donors (Lipinski definition) is 2. The molecular weight excluding hydrogens is 368 g/mol. The Morgan fingerprint density at radius 1 is 1.11 bits per heavy atom. The molecule has 0 aliphatic rings. The summed E-state index contributed by atoms with van der Waals surface area (Å²) in [4.78, 5) is 24.4. The van der Waals surface area contributed by atoms with E-state index in [1.54, 1.807) is 25.2 Å². The molecule has 2 rings (SSSR count). The minimum absolute atomic E-state index is 0.0196. The van der Waals surface area contributed by atoms with Crippen LogP contribution in [0.15, 0.2) is 53.4 Å². The van der Waals surface area contributed by atoms with Gasteiger partial charge in [0, 0.05) is 31.3 Å². The first kappa shape index (κ1) is 20.4. The first-order chi connectivity index (χ1) is 12.7. The number of carboxylic acid groups (broad SMARTS) is 1. The van der Waals surface area contributed by atoms with Gasteiger partial charge < -0.3 is 10.0 Å². The van der Waals surface area contributed by atoms with Gasteiger partial charge in [-0.2, -0.15) is 0 Å². The van der Waals surface area contributed by atoms with Gasteiger partial charge in [0.05, 0.1) is 4.90 Å². The number of aliphatic carboxylic acids is 1. The van der Waals surface area contributed by atoms with Gasteiger partial charge in [-0.3, -0.25) is 14.3 Å². The van der Waals surface area contributed by atoms with Crippen LogP contribution in [-0.4, -0.2) is 43.9 Å². The molecule has 27 heavy (non-hydrogen) atoms. The number of aryl methyl sites for hydroxylation is 1. The SMILES string of the molecule is Cc1cccc(NS(=O)(=O)c2cccc(C(=O)N(C)CCCC(=O)O)c2)c1. The number of amides is 1. The van der Waals surface area contributed by atoms with Gasteiger partial charge in [-0.25, -0.2) is 8.42 Å². The normalized spacial score (nSPS) is 11.0. The Morgan fingerprint density at radius 3 is 2.48 bits per heavy atom. The first-order valence-corrected chi connectivity index (χ1v) is 9.84. The van der Waals surface area contributed by atoms with Crippen molar-refractivity contribution in [1.29, 1.82) is 0 Å². The molecule has 0 radical (unpaired) electrons. The van der Waals surface area contributed by atoms with E-state index in [1.807, 2.05) is 13.0 Å². The number of carboxylic acids is 1. The van der Waals surface area contributed by atoms with Gasteiger partial charge in [0.2, 0.25) is 0 Å². The molecule has 0 aliphatic heterocycles. The number of rotatable bonds is 8. The third-order valence-corrected chi connectivity index (χ3v) is 5.27. The highest BCUT2D eigenvalue weighted by Crippen LogP contribution is 2.18. The van der Waals surface area contributed by atoms with E-state index in [4.69, 9.17) is 5.11 Å². The van der Waals surface area contributed by atoms with E-state index in [0.29, 0.717) is 12.1 Å². The Hall–Kier alpha value is -2.87. The van der Waals surface area contributed by atoms with Gasteiger partial charge in [-0.1, -0.05) is 18.2 Å². The minimum Gasteiger partial charge on any atom is -0.481 e. The van der Waals surface area contributed by atoms with E-state index < -0.39 is 16.0 Å². The summed E-state index contributed by atoms with van der Waals surface area (Å²) in [5.41, 5.74) is 1.58. The van der Waals surface area contributed by atoms with Crippen molar-refractivity contribution in [3.8, 4) is 0 Å². The average Bonchev–Trinajstić information content (AvgIpc) is 2.60. The summed E-state index contributed by atoms with van der Waals surface area (Å²) in [6, 6.07) is 12.7.